The van der Waals surface area contributed by atoms with Crippen LogP contribution >= 0.6 is 0 Å². The lowest BCUT2D eigenvalue weighted by molar-refractivity contribution is -0.121. The van der Waals surface area contributed by atoms with E-state index in [1.165, 1.54) is 32.1 Å². The second kappa shape index (κ2) is 9.56. The topological polar surface area (TPSA) is 67.9 Å². The molecule has 0 fully saturated rings. The van der Waals surface area contributed by atoms with E-state index in [0.29, 0.717) is 22.7 Å². The van der Waals surface area contributed by atoms with Crippen molar-refractivity contribution in [1.29, 1.82) is 0 Å². The highest BCUT2D eigenvalue weighted by atomic mass is 19.1. The maximum atomic E-state index is 13.6. The molecule has 0 radical (unpaired) electrons. The van der Waals surface area contributed by atoms with Gasteiger partial charge in [0.2, 0.25) is 11.8 Å². The maximum absolute atomic E-state index is 13.6. The lowest BCUT2D eigenvalue weighted by atomic mass is 10.2. The SMILES string of the molecule is COc1ccc(OC)c(N(CCC(=O)NCc2ccccc2F)C(C)=O)c1. The highest BCUT2D eigenvalue weighted by Crippen LogP contribution is 2.32. The largest absolute Gasteiger partial charge is 0.497 e. The van der Waals surface area contributed by atoms with E-state index in [-0.39, 0.29) is 37.1 Å². The van der Waals surface area contributed by atoms with Crippen molar-refractivity contribution in [1.82, 2.24) is 5.32 Å². The molecular weight excluding hydrogens is 351 g/mol. The smallest absolute Gasteiger partial charge is 0.223 e. The Kier molecular flexibility index (Phi) is 7.16. The molecule has 27 heavy (non-hydrogen) atoms. The molecule has 0 bridgehead atoms. The first-order valence-corrected chi connectivity index (χ1v) is 8.46. The van der Waals surface area contributed by atoms with Gasteiger partial charge in [-0.2, -0.15) is 0 Å². The molecule has 2 aromatic rings. The van der Waals surface area contributed by atoms with Crippen LogP contribution in [0.1, 0.15) is 18.9 Å². The third kappa shape index (κ3) is 5.44. The molecule has 0 heterocycles. The van der Waals surface area contributed by atoms with Gasteiger partial charge < -0.3 is 19.7 Å². The van der Waals surface area contributed by atoms with Crippen molar-refractivity contribution in [2.45, 2.75) is 19.9 Å². The third-order valence-electron chi connectivity index (χ3n) is 4.05. The second-order valence-electron chi connectivity index (χ2n) is 5.83. The molecule has 0 unspecified atom stereocenters. The van der Waals surface area contributed by atoms with Gasteiger partial charge in [0.05, 0.1) is 19.9 Å². The van der Waals surface area contributed by atoms with Crippen LogP contribution in [0.15, 0.2) is 42.5 Å². The monoisotopic (exact) mass is 374 g/mol. The molecule has 7 heteroatoms. The maximum Gasteiger partial charge on any atom is 0.223 e. The van der Waals surface area contributed by atoms with E-state index in [4.69, 9.17) is 9.47 Å². The minimum absolute atomic E-state index is 0.0639. The van der Waals surface area contributed by atoms with Gasteiger partial charge in [-0.15, -0.1) is 0 Å². The molecule has 0 atom stereocenters. The van der Waals surface area contributed by atoms with Gasteiger partial charge in [0, 0.05) is 38.1 Å². The molecule has 2 aromatic carbocycles. The minimum atomic E-state index is -0.371. The summed E-state index contributed by atoms with van der Waals surface area (Å²) in [5.41, 5.74) is 0.926. The van der Waals surface area contributed by atoms with Gasteiger partial charge in [-0.05, 0) is 18.2 Å². The van der Waals surface area contributed by atoms with Gasteiger partial charge in [-0.3, -0.25) is 9.59 Å². The number of carbonyl (C=O) groups is 2. The van der Waals surface area contributed by atoms with Crippen LogP contribution in [-0.4, -0.2) is 32.6 Å². The Bertz CT molecular complexity index is 810. The van der Waals surface area contributed by atoms with Gasteiger partial charge in [0.1, 0.15) is 17.3 Å². The van der Waals surface area contributed by atoms with Gasteiger partial charge >= 0.3 is 0 Å². The standard InChI is InChI=1S/C20H23FN2O4/c1-14(24)23(18-12-16(26-2)8-9-19(18)27-3)11-10-20(25)22-13-15-6-4-5-7-17(15)21/h4-9,12H,10-11,13H2,1-3H3,(H,22,25). The Morgan fingerprint density at radius 1 is 1.11 bits per heavy atom. The Morgan fingerprint density at radius 2 is 1.85 bits per heavy atom. The molecular formula is C20H23FN2O4. The molecule has 0 aromatic heterocycles. The lowest BCUT2D eigenvalue weighted by Gasteiger charge is -2.23. The third-order valence-corrected chi connectivity index (χ3v) is 4.05. The number of ether oxygens (including phenoxy) is 2. The van der Waals surface area contributed by atoms with E-state index in [1.807, 2.05) is 0 Å². The summed E-state index contributed by atoms with van der Waals surface area (Å²) in [6.45, 7) is 1.66. The number of hydrogen-bond donors (Lipinski definition) is 1. The Labute approximate surface area is 157 Å². The number of methoxy groups -OCH3 is 2. The second-order valence-corrected chi connectivity index (χ2v) is 5.83. The summed E-state index contributed by atoms with van der Waals surface area (Å²) in [5, 5.41) is 2.66. The lowest BCUT2D eigenvalue weighted by Crippen LogP contribution is -2.34. The Morgan fingerprint density at radius 3 is 2.48 bits per heavy atom. The van der Waals surface area contributed by atoms with E-state index in [2.05, 4.69) is 5.32 Å². The quantitative estimate of drug-likeness (QED) is 0.772. The number of nitrogens with one attached hydrogen (secondary N) is 1. The van der Waals surface area contributed by atoms with Gasteiger partial charge in [0.15, 0.2) is 0 Å². The number of benzene rings is 2. The molecule has 0 aliphatic rings. The molecule has 2 rings (SSSR count). The summed E-state index contributed by atoms with van der Waals surface area (Å²) in [4.78, 5) is 25.7. The first-order valence-electron chi connectivity index (χ1n) is 8.46. The summed E-state index contributed by atoms with van der Waals surface area (Å²) >= 11 is 0. The number of rotatable bonds is 8. The molecule has 0 aliphatic carbocycles. The number of hydrogen-bond acceptors (Lipinski definition) is 4. The summed E-state index contributed by atoms with van der Waals surface area (Å²) in [6, 6.07) is 11.3. The van der Waals surface area contributed by atoms with Crippen molar-refractivity contribution in [2.75, 3.05) is 25.7 Å². The molecule has 2 amide bonds. The number of anilines is 1. The van der Waals surface area contributed by atoms with Crippen LogP contribution in [0, 0.1) is 5.82 Å². The average molecular weight is 374 g/mol. The zero-order valence-corrected chi connectivity index (χ0v) is 15.6. The number of amides is 2. The number of halogens is 1. The summed E-state index contributed by atoms with van der Waals surface area (Å²) in [5.74, 6) is 0.179. The number of nitrogens with zero attached hydrogens (tertiary/aromatic N) is 1. The predicted octanol–water partition coefficient (Wildman–Crippen LogP) is 2.90. The first-order chi connectivity index (χ1) is 13.0. The highest BCUT2D eigenvalue weighted by molar-refractivity contribution is 5.94. The van der Waals surface area contributed by atoms with Crippen molar-refractivity contribution >= 4 is 17.5 Å². The molecule has 144 valence electrons. The van der Waals surface area contributed by atoms with E-state index in [9.17, 15) is 14.0 Å². The molecule has 0 saturated heterocycles. The fraction of sp³-hybridized carbons (Fsp3) is 0.300. The van der Waals surface area contributed by atoms with Crippen molar-refractivity contribution in [3.63, 3.8) is 0 Å². The molecule has 0 spiro atoms. The molecule has 0 saturated carbocycles. The van der Waals surface area contributed by atoms with Crippen LogP contribution in [0.2, 0.25) is 0 Å². The van der Waals surface area contributed by atoms with Crippen molar-refractivity contribution in [3.05, 3.63) is 53.8 Å². The van der Waals surface area contributed by atoms with Crippen molar-refractivity contribution in [2.24, 2.45) is 0 Å². The molecule has 1 N–H and O–H groups in total. The summed E-state index contributed by atoms with van der Waals surface area (Å²) in [7, 11) is 3.03. The molecule has 6 nitrogen and oxygen atoms in total. The van der Waals surface area contributed by atoms with Gasteiger partial charge in [0.25, 0.3) is 0 Å². The molecule has 0 aliphatic heterocycles. The van der Waals surface area contributed by atoms with Crippen LogP contribution in [0.25, 0.3) is 0 Å². The van der Waals surface area contributed by atoms with E-state index < -0.39 is 0 Å². The zero-order valence-electron chi connectivity index (χ0n) is 15.6. The predicted molar refractivity (Wildman–Crippen MR) is 100 cm³/mol. The van der Waals surface area contributed by atoms with Crippen LogP contribution in [0.5, 0.6) is 11.5 Å². The van der Waals surface area contributed by atoms with Crippen LogP contribution < -0.4 is 19.7 Å². The minimum Gasteiger partial charge on any atom is -0.497 e. The fourth-order valence-corrected chi connectivity index (χ4v) is 2.59. The Balaban J connectivity index is 2.03. The number of carbonyl (C=O) groups excluding carboxylic acids is 2. The van der Waals surface area contributed by atoms with Crippen LogP contribution in [-0.2, 0) is 16.1 Å². The fourth-order valence-electron chi connectivity index (χ4n) is 2.59. The van der Waals surface area contributed by atoms with Gasteiger partial charge in [-0.25, -0.2) is 4.39 Å². The summed E-state index contributed by atoms with van der Waals surface area (Å²) < 4.78 is 24.1. The zero-order chi connectivity index (χ0) is 19.8. The van der Waals surface area contributed by atoms with Crippen LogP contribution in [0.3, 0.4) is 0 Å². The van der Waals surface area contributed by atoms with E-state index >= 15 is 0 Å². The average Bonchev–Trinajstić information content (AvgIpc) is 2.67. The van der Waals surface area contributed by atoms with E-state index in [0.717, 1.165) is 0 Å². The highest BCUT2D eigenvalue weighted by Gasteiger charge is 2.18. The van der Waals surface area contributed by atoms with Crippen molar-refractivity contribution in [3.8, 4) is 11.5 Å². The van der Waals surface area contributed by atoms with Gasteiger partial charge in [-0.1, -0.05) is 18.2 Å². The van der Waals surface area contributed by atoms with E-state index in [1.54, 1.807) is 36.4 Å². The first kappa shape index (κ1) is 20.2. The van der Waals surface area contributed by atoms with Crippen molar-refractivity contribution < 1.29 is 23.5 Å². The van der Waals surface area contributed by atoms with Crippen LogP contribution in [0.4, 0.5) is 10.1 Å². The summed E-state index contributed by atoms with van der Waals surface area (Å²) in [6.07, 6.45) is 0.0639. The Hall–Kier alpha value is -3.09. The normalized spacial score (nSPS) is 10.2.